The van der Waals surface area contributed by atoms with E-state index in [4.69, 9.17) is 9.47 Å². The maximum atomic E-state index is 12.2. The number of likely N-dealkylation sites (tertiary alicyclic amines) is 1. The molecule has 7 heteroatoms. The molecule has 4 rings (SSSR count). The van der Waals surface area contributed by atoms with Gasteiger partial charge in [0.25, 0.3) is 0 Å². The Kier molecular flexibility index (Phi) is 5.56. The van der Waals surface area contributed by atoms with Crippen LogP contribution in [0.15, 0.2) is 66.7 Å². The largest absolute Gasteiger partial charge is 0.471 e. The number of carbonyl (C=O) groups excluding carboxylic acids is 2. The van der Waals surface area contributed by atoms with Crippen LogP contribution in [-0.4, -0.2) is 47.6 Å². The number of aromatic nitrogens is 1. The highest BCUT2D eigenvalue weighted by molar-refractivity contribution is 5.83. The van der Waals surface area contributed by atoms with Crippen LogP contribution in [-0.2, 0) is 16.1 Å². The molecule has 1 aliphatic heterocycles. The first-order chi connectivity index (χ1) is 14.2. The first-order valence-corrected chi connectivity index (χ1v) is 9.42. The second kappa shape index (κ2) is 8.60. The zero-order valence-corrected chi connectivity index (χ0v) is 15.8. The molecule has 2 amide bonds. The van der Waals surface area contributed by atoms with Crippen molar-refractivity contribution in [3.8, 4) is 5.88 Å². The third kappa shape index (κ3) is 4.82. The number of nitrogens with one attached hydrogen (secondary N) is 1. The number of benzene rings is 2. The Morgan fingerprint density at radius 2 is 1.76 bits per heavy atom. The molecule has 1 N–H and O–H groups in total. The Balaban J connectivity index is 1.17. The summed E-state index contributed by atoms with van der Waals surface area (Å²) in [5.41, 5.74) is 1.76. The lowest BCUT2D eigenvalue weighted by Crippen LogP contribution is -2.58. The van der Waals surface area contributed by atoms with Crippen LogP contribution in [0.4, 0.5) is 4.79 Å². The van der Waals surface area contributed by atoms with Gasteiger partial charge in [-0.25, -0.2) is 9.78 Å². The van der Waals surface area contributed by atoms with E-state index in [9.17, 15) is 9.59 Å². The molecule has 3 aromatic rings. The lowest BCUT2D eigenvalue weighted by Gasteiger charge is -2.38. The molecule has 0 atom stereocenters. The number of alkyl carbamates (subject to hydrolysis) is 1. The maximum Gasteiger partial charge on any atom is 0.407 e. The van der Waals surface area contributed by atoms with Crippen molar-refractivity contribution < 1.29 is 19.1 Å². The average Bonchev–Trinajstić information content (AvgIpc) is 2.73. The third-order valence-electron chi connectivity index (χ3n) is 4.66. The molecule has 2 heterocycles. The Morgan fingerprint density at radius 3 is 2.59 bits per heavy atom. The van der Waals surface area contributed by atoms with Crippen LogP contribution in [0.2, 0.25) is 0 Å². The van der Waals surface area contributed by atoms with Crippen LogP contribution < -0.4 is 10.1 Å². The molecule has 0 radical (unpaired) electrons. The number of nitrogens with zero attached hydrogens (tertiary/aromatic N) is 2. The number of para-hydroxylation sites is 1. The molecule has 0 saturated carbocycles. The number of rotatable bonds is 6. The van der Waals surface area contributed by atoms with E-state index < -0.39 is 6.09 Å². The van der Waals surface area contributed by atoms with Crippen LogP contribution >= 0.6 is 0 Å². The van der Waals surface area contributed by atoms with E-state index in [0.717, 1.165) is 16.5 Å². The summed E-state index contributed by atoms with van der Waals surface area (Å²) >= 11 is 0. The highest BCUT2D eigenvalue weighted by atomic mass is 16.5. The molecular weight excluding hydrogens is 370 g/mol. The van der Waals surface area contributed by atoms with E-state index in [1.54, 1.807) is 4.90 Å². The van der Waals surface area contributed by atoms with Crippen molar-refractivity contribution in [2.45, 2.75) is 12.7 Å². The fraction of sp³-hybridized carbons (Fsp3) is 0.227. The minimum atomic E-state index is -0.615. The summed E-state index contributed by atoms with van der Waals surface area (Å²) in [7, 11) is 0. The highest BCUT2D eigenvalue weighted by Gasteiger charge is 2.32. The lowest BCUT2D eigenvalue weighted by atomic mass is 10.1. The lowest BCUT2D eigenvalue weighted by molar-refractivity contribution is -0.139. The van der Waals surface area contributed by atoms with Gasteiger partial charge in [0.05, 0.1) is 18.6 Å². The summed E-state index contributed by atoms with van der Waals surface area (Å²) in [5, 5.41) is 3.53. The standard InChI is InChI=1S/C22H21N3O4/c26-21(12-23-22(27)28-15-16-6-2-1-3-7-16)25-13-18(14-25)29-20-11-10-17-8-4-5-9-19(17)24-20/h1-11,18H,12-15H2,(H,23,27). The SMILES string of the molecule is O=C(NCC(=O)N1CC(Oc2ccc3ccccc3n2)C1)OCc1ccccc1. The maximum absolute atomic E-state index is 12.2. The summed E-state index contributed by atoms with van der Waals surface area (Å²) in [6.45, 7) is 0.996. The Labute approximate surface area is 168 Å². The quantitative estimate of drug-likeness (QED) is 0.699. The average molecular weight is 391 g/mol. The van der Waals surface area contributed by atoms with Crippen molar-refractivity contribution in [3.63, 3.8) is 0 Å². The van der Waals surface area contributed by atoms with Crippen molar-refractivity contribution in [2.75, 3.05) is 19.6 Å². The van der Waals surface area contributed by atoms with Gasteiger partial charge in [-0.1, -0.05) is 48.5 Å². The minimum absolute atomic E-state index is 0.0994. The predicted molar refractivity (Wildman–Crippen MR) is 107 cm³/mol. The van der Waals surface area contributed by atoms with Gasteiger partial charge in [-0.15, -0.1) is 0 Å². The number of hydrogen-bond donors (Lipinski definition) is 1. The molecule has 0 unspecified atom stereocenters. The number of ether oxygens (including phenoxy) is 2. The molecule has 1 saturated heterocycles. The van der Waals surface area contributed by atoms with Gasteiger partial charge < -0.3 is 19.7 Å². The zero-order chi connectivity index (χ0) is 20.1. The van der Waals surface area contributed by atoms with Gasteiger partial charge in [0.15, 0.2) is 0 Å². The first-order valence-electron chi connectivity index (χ1n) is 9.42. The molecule has 1 fully saturated rings. The van der Waals surface area contributed by atoms with E-state index in [1.165, 1.54) is 0 Å². The van der Waals surface area contributed by atoms with Gasteiger partial charge in [-0.2, -0.15) is 0 Å². The van der Waals surface area contributed by atoms with E-state index >= 15 is 0 Å². The van der Waals surface area contributed by atoms with Gasteiger partial charge >= 0.3 is 6.09 Å². The minimum Gasteiger partial charge on any atom is -0.471 e. The first kappa shape index (κ1) is 18.7. The van der Waals surface area contributed by atoms with Crippen LogP contribution in [0, 0.1) is 0 Å². The second-order valence-electron chi connectivity index (χ2n) is 6.80. The predicted octanol–water partition coefficient (Wildman–Crippen LogP) is 2.75. The molecule has 2 aromatic carbocycles. The zero-order valence-electron chi connectivity index (χ0n) is 15.8. The fourth-order valence-electron chi connectivity index (χ4n) is 3.03. The Bertz CT molecular complexity index is 1000. The Morgan fingerprint density at radius 1 is 1.00 bits per heavy atom. The third-order valence-corrected chi connectivity index (χ3v) is 4.66. The van der Waals surface area contributed by atoms with Crippen LogP contribution in [0.1, 0.15) is 5.56 Å². The highest BCUT2D eigenvalue weighted by Crippen LogP contribution is 2.20. The molecule has 1 aromatic heterocycles. The fourth-order valence-corrected chi connectivity index (χ4v) is 3.03. The number of amides is 2. The number of fused-ring (bicyclic) bond motifs is 1. The van der Waals surface area contributed by atoms with E-state index in [-0.39, 0.29) is 25.2 Å². The van der Waals surface area contributed by atoms with E-state index in [0.29, 0.717) is 19.0 Å². The van der Waals surface area contributed by atoms with Gasteiger partial charge in [-0.05, 0) is 17.7 Å². The summed E-state index contributed by atoms with van der Waals surface area (Å²) in [6.07, 6.45) is -0.714. The number of pyridine rings is 1. The monoisotopic (exact) mass is 391 g/mol. The summed E-state index contributed by atoms with van der Waals surface area (Å²) in [4.78, 5) is 30.0. The molecule has 7 nitrogen and oxygen atoms in total. The molecule has 29 heavy (non-hydrogen) atoms. The molecule has 0 bridgehead atoms. The van der Waals surface area contributed by atoms with Crippen LogP contribution in [0.5, 0.6) is 5.88 Å². The summed E-state index contributed by atoms with van der Waals surface area (Å²) < 4.78 is 10.9. The van der Waals surface area contributed by atoms with Gasteiger partial charge in [0.1, 0.15) is 19.3 Å². The summed E-state index contributed by atoms with van der Waals surface area (Å²) in [6, 6.07) is 21.0. The van der Waals surface area contributed by atoms with Gasteiger partial charge in [-0.3, -0.25) is 4.79 Å². The molecular formula is C22H21N3O4. The molecule has 0 aliphatic carbocycles. The van der Waals surface area contributed by atoms with Crippen molar-refractivity contribution in [1.29, 1.82) is 0 Å². The van der Waals surface area contributed by atoms with Crippen LogP contribution in [0.25, 0.3) is 10.9 Å². The smallest absolute Gasteiger partial charge is 0.407 e. The van der Waals surface area contributed by atoms with E-state index in [2.05, 4.69) is 10.3 Å². The normalized spacial score (nSPS) is 13.6. The van der Waals surface area contributed by atoms with Gasteiger partial charge in [0.2, 0.25) is 11.8 Å². The van der Waals surface area contributed by atoms with Crippen LogP contribution in [0.3, 0.4) is 0 Å². The molecule has 1 aliphatic rings. The number of hydrogen-bond acceptors (Lipinski definition) is 5. The van der Waals surface area contributed by atoms with Crippen molar-refractivity contribution in [1.82, 2.24) is 15.2 Å². The second-order valence-corrected chi connectivity index (χ2v) is 6.80. The number of carbonyl (C=O) groups is 2. The molecule has 0 spiro atoms. The summed E-state index contributed by atoms with van der Waals surface area (Å²) in [5.74, 6) is 0.372. The van der Waals surface area contributed by atoms with Crippen molar-refractivity contribution >= 4 is 22.9 Å². The van der Waals surface area contributed by atoms with Gasteiger partial charge in [0, 0.05) is 11.5 Å². The molecule has 148 valence electrons. The Hall–Kier alpha value is -3.61. The van der Waals surface area contributed by atoms with Crippen molar-refractivity contribution in [2.24, 2.45) is 0 Å². The topological polar surface area (TPSA) is 80.8 Å². The van der Waals surface area contributed by atoms with E-state index in [1.807, 2.05) is 66.7 Å². The van der Waals surface area contributed by atoms with Crippen molar-refractivity contribution in [3.05, 3.63) is 72.3 Å².